The lowest BCUT2D eigenvalue weighted by Crippen LogP contribution is -2.19. The van der Waals surface area contributed by atoms with Crippen LogP contribution in [0.25, 0.3) is 0 Å². The Labute approximate surface area is 151 Å². The summed E-state index contributed by atoms with van der Waals surface area (Å²) in [7, 11) is -4.34. The van der Waals surface area contributed by atoms with Gasteiger partial charge in [0.25, 0.3) is 0 Å². The summed E-state index contributed by atoms with van der Waals surface area (Å²) in [5.41, 5.74) is -0.726. The van der Waals surface area contributed by atoms with Gasteiger partial charge in [-0.05, 0) is 41.5 Å². The molecule has 0 fully saturated rings. The normalized spacial score (nSPS) is 12.9. The van der Waals surface area contributed by atoms with Crippen molar-refractivity contribution in [3.8, 4) is 0 Å². The summed E-state index contributed by atoms with van der Waals surface area (Å²) in [5, 5.41) is 7.67. The van der Waals surface area contributed by atoms with E-state index in [1.54, 1.807) is 0 Å². The highest BCUT2D eigenvalue weighted by Crippen LogP contribution is 2.30. The van der Waals surface area contributed by atoms with Crippen LogP contribution in [0.2, 0.25) is 0 Å². The number of sulfonamides is 1. The van der Waals surface area contributed by atoms with Gasteiger partial charge in [0.15, 0.2) is 0 Å². The van der Waals surface area contributed by atoms with Gasteiger partial charge in [-0.3, -0.25) is 0 Å². The zero-order chi connectivity index (χ0) is 20.5. The van der Waals surface area contributed by atoms with E-state index < -0.39 is 44.8 Å². The second-order valence-electron chi connectivity index (χ2n) is 5.71. The molecular formula is C16H14F6N2O2S. The molecule has 0 aliphatic rings. The van der Waals surface area contributed by atoms with Gasteiger partial charge in [-0.15, -0.1) is 0 Å². The number of nitrogens with two attached hydrogens (primary N) is 1. The fourth-order valence-electron chi connectivity index (χ4n) is 2.34. The Balaban J connectivity index is 2.20. The predicted octanol–water partition coefficient (Wildman–Crippen LogP) is 4.07. The summed E-state index contributed by atoms with van der Waals surface area (Å²) in [6.45, 7) is 0.0261. The van der Waals surface area contributed by atoms with Gasteiger partial charge in [0.05, 0.1) is 16.9 Å². The molecule has 0 radical (unpaired) electrons. The average Bonchev–Trinajstić information content (AvgIpc) is 2.50. The van der Waals surface area contributed by atoms with Gasteiger partial charge in [0, 0.05) is 12.2 Å². The fraction of sp³-hybridized carbons (Fsp3) is 0.250. The van der Waals surface area contributed by atoms with E-state index in [4.69, 9.17) is 5.14 Å². The molecule has 0 saturated carbocycles. The minimum atomic E-state index is -4.65. The van der Waals surface area contributed by atoms with E-state index in [1.807, 2.05) is 0 Å². The molecule has 0 aromatic heterocycles. The number of benzene rings is 2. The molecule has 0 unspecified atom stereocenters. The average molecular weight is 412 g/mol. The molecule has 0 atom stereocenters. The van der Waals surface area contributed by atoms with Gasteiger partial charge in [-0.1, -0.05) is 12.1 Å². The molecular weight excluding hydrogens is 398 g/mol. The Hall–Kier alpha value is -2.27. The Morgan fingerprint density at radius 2 is 1.52 bits per heavy atom. The molecule has 2 aromatic carbocycles. The van der Waals surface area contributed by atoms with Crippen molar-refractivity contribution in [1.29, 1.82) is 0 Å². The first kappa shape index (κ1) is 21.0. The zero-order valence-electron chi connectivity index (χ0n) is 13.5. The first-order valence-corrected chi connectivity index (χ1v) is 8.93. The molecule has 11 heteroatoms. The van der Waals surface area contributed by atoms with E-state index in [-0.39, 0.29) is 12.2 Å². The van der Waals surface area contributed by atoms with Gasteiger partial charge in [0.1, 0.15) is 0 Å². The van der Waals surface area contributed by atoms with Crippen LogP contribution in [-0.2, 0) is 29.2 Å². The van der Waals surface area contributed by atoms with Crippen LogP contribution in [0.15, 0.2) is 47.4 Å². The first-order chi connectivity index (χ1) is 12.3. The van der Waals surface area contributed by atoms with Crippen molar-refractivity contribution in [2.75, 3.05) is 5.32 Å². The van der Waals surface area contributed by atoms with E-state index in [0.717, 1.165) is 24.3 Å². The summed E-state index contributed by atoms with van der Waals surface area (Å²) < 4.78 is 98.5. The number of alkyl halides is 6. The van der Waals surface area contributed by atoms with Gasteiger partial charge >= 0.3 is 12.4 Å². The maximum Gasteiger partial charge on any atom is 0.416 e. The van der Waals surface area contributed by atoms with Gasteiger partial charge in [-0.2, -0.15) is 26.3 Å². The summed E-state index contributed by atoms with van der Waals surface area (Å²) in [5.74, 6) is 0. The quantitative estimate of drug-likeness (QED) is 0.728. The molecule has 0 bridgehead atoms. The Bertz CT molecular complexity index is 906. The van der Waals surface area contributed by atoms with Crippen molar-refractivity contribution >= 4 is 15.7 Å². The highest BCUT2D eigenvalue weighted by atomic mass is 32.2. The molecule has 148 valence electrons. The van der Waals surface area contributed by atoms with Crippen LogP contribution in [0.5, 0.6) is 0 Å². The minimum Gasteiger partial charge on any atom is -0.381 e. The first-order valence-electron chi connectivity index (χ1n) is 7.38. The van der Waals surface area contributed by atoms with E-state index in [9.17, 15) is 34.8 Å². The Morgan fingerprint density at radius 3 is 2.00 bits per heavy atom. The van der Waals surface area contributed by atoms with Crippen LogP contribution in [0.1, 0.15) is 16.7 Å². The second kappa shape index (κ2) is 7.39. The van der Waals surface area contributed by atoms with Crippen LogP contribution in [0.3, 0.4) is 0 Å². The maximum atomic E-state index is 12.7. The molecule has 0 amide bonds. The summed E-state index contributed by atoms with van der Waals surface area (Å²) in [6.07, 6.45) is -10.6. The molecule has 2 rings (SSSR count). The van der Waals surface area contributed by atoms with Crippen molar-refractivity contribution in [1.82, 2.24) is 0 Å². The van der Waals surface area contributed by atoms with Crippen LogP contribution in [-0.4, -0.2) is 14.6 Å². The molecule has 0 saturated heterocycles. The highest BCUT2D eigenvalue weighted by molar-refractivity contribution is 7.89. The third-order valence-corrected chi connectivity index (χ3v) is 4.55. The van der Waals surface area contributed by atoms with Crippen molar-refractivity contribution in [3.05, 3.63) is 59.2 Å². The molecule has 0 heterocycles. The molecule has 27 heavy (non-hydrogen) atoms. The number of primary sulfonamides is 1. The second-order valence-corrected chi connectivity index (χ2v) is 7.24. The number of halogens is 6. The van der Waals surface area contributed by atoms with E-state index in [1.165, 1.54) is 18.2 Å². The van der Waals surface area contributed by atoms with Crippen LogP contribution >= 0.6 is 0 Å². The fourth-order valence-corrected chi connectivity index (χ4v) is 3.09. The SMILES string of the molecule is NS(=O)(=O)c1ccc(NCc2ccc(C(F)(F)F)cc2)cc1CC(F)(F)F. The summed E-state index contributed by atoms with van der Waals surface area (Å²) in [6, 6.07) is 7.40. The largest absolute Gasteiger partial charge is 0.416 e. The molecule has 0 aliphatic carbocycles. The molecule has 3 N–H and O–H groups in total. The predicted molar refractivity (Wildman–Crippen MR) is 86.3 cm³/mol. The van der Waals surface area contributed by atoms with Crippen molar-refractivity contribution in [3.63, 3.8) is 0 Å². The monoisotopic (exact) mass is 412 g/mol. The molecule has 4 nitrogen and oxygen atoms in total. The van der Waals surface area contributed by atoms with Gasteiger partial charge in [-0.25, -0.2) is 13.6 Å². The summed E-state index contributed by atoms with van der Waals surface area (Å²) in [4.78, 5) is -0.639. The van der Waals surface area contributed by atoms with E-state index in [0.29, 0.717) is 5.56 Å². The molecule has 2 aromatic rings. The number of hydrogen-bond acceptors (Lipinski definition) is 3. The highest BCUT2D eigenvalue weighted by Gasteiger charge is 2.31. The number of anilines is 1. The lowest BCUT2D eigenvalue weighted by molar-refractivity contribution is -0.137. The maximum absolute atomic E-state index is 12.7. The topological polar surface area (TPSA) is 72.2 Å². The summed E-state index contributed by atoms with van der Waals surface area (Å²) >= 11 is 0. The van der Waals surface area contributed by atoms with Crippen LogP contribution in [0, 0.1) is 0 Å². The standard InChI is InChI=1S/C16H14F6N2O2S/c17-15(18,19)8-11-7-13(5-6-14(11)27(23,25)26)24-9-10-1-3-12(4-2-10)16(20,21)22/h1-7,24H,8-9H2,(H2,23,25,26). The van der Waals surface area contributed by atoms with E-state index in [2.05, 4.69) is 5.32 Å². The number of nitrogens with one attached hydrogen (secondary N) is 1. The third-order valence-electron chi connectivity index (χ3n) is 3.54. The zero-order valence-corrected chi connectivity index (χ0v) is 14.3. The van der Waals surface area contributed by atoms with Crippen molar-refractivity contribution in [2.24, 2.45) is 5.14 Å². The Morgan fingerprint density at radius 1 is 0.926 bits per heavy atom. The van der Waals surface area contributed by atoms with Crippen molar-refractivity contribution in [2.45, 2.75) is 30.2 Å². The van der Waals surface area contributed by atoms with Gasteiger partial charge in [0.2, 0.25) is 10.0 Å². The van der Waals surface area contributed by atoms with Crippen LogP contribution in [0.4, 0.5) is 32.0 Å². The van der Waals surface area contributed by atoms with Gasteiger partial charge < -0.3 is 5.32 Å². The number of hydrogen-bond donors (Lipinski definition) is 2. The smallest absolute Gasteiger partial charge is 0.381 e. The van der Waals surface area contributed by atoms with Crippen molar-refractivity contribution < 1.29 is 34.8 Å². The van der Waals surface area contributed by atoms with E-state index >= 15 is 0 Å². The number of rotatable bonds is 5. The lowest BCUT2D eigenvalue weighted by atomic mass is 10.1. The third kappa shape index (κ3) is 6.14. The molecule has 0 spiro atoms. The minimum absolute atomic E-state index is 0.0261. The lowest BCUT2D eigenvalue weighted by Gasteiger charge is -2.14. The molecule has 0 aliphatic heterocycles. The Kier molecular flexibility index (Phi) is 5.76. The van der Waals surface area contributed by atoms with Crippen LogP contribution < -0.4 is 10.5 Å².